The molecule has 0 aromatic heterocycles. The molecular formula is C41H43N3O4. The normalized spacial score (nSPS) is 17.5. The van der Waals surface area contributed by atoms with E-state index in [1.165, 1.54) is 6.42 Å². The molecule has 4 amide bonds. The SMILES string of the molecule is CCCCCCCC(=O)N1c2ccccc2C(N(C(=O)C(Cc2ccccc2)N2C(=O)c3ccccc3C2=O)c2ccccc2)CC1C. The van der Waals surface area contributed by atoms with E-state index in [1.807, 2.05) is 96.8 Å². The van der Waals surface area contributed by atoms with Gasteiger partial charge in [-0.15, -0.1) is 0 Å². The van der Waals surface area contributed by atoms with Crippen LogP contribution in [0.1, 0.15) is 96.7 Å². The molecule has 6 rings (SSSR count). The first kappa shape index (κ1) is 32.9. The lowest BCUT2D eigenvalue weighted by Gasteiger charge is -2.45. The van der Waals surface area contributed by atoms with Gasteiger partial charge in [0.25, 0.3) is 17.7 Å². The van der Waals surface area contributed by atoms with Crippen LogP contribution >= 0.6 is 0 Å². The van der Waals surface area contributed by atoms with Gasteiger partial charge in [-0.05, 0) is 61.2 Å². The summed E-state index contributed by atoms with van der Waals surface area (Å²) in [6.45, 7) is 4.22. The summed E-state index contributed by atoms with van der Waals surface area (Å²) in [5.74, 6) is -1.19. The van der Waals surface area contributed by atoms with E-state index in [0.717, 1.165) is 47.4 Å². The number of nitrogens with zero attached hydrogens (tertiary/aromatic N) is 3. The molecule has 0 fully saturated rings. The number of unbranched alkanes of at least 4 members (excludes halogenated alkanes) is 4. The maximum atomic E-state index is 15.2. The summed E-state index contributed by atoms with van der Waals surface area (Å²) in [6, 6.07) is 31.8. The second-order valence-corrected chi connectivity index (χ2v) is 12.9. The number of imide groups is 1. The number of para-hydroxylation sites is 2. The van der Waals surface area contributed by atoms with Crippen molar-refractivity contribution in [3.63, 3.8) is 0 Å². The summed E-state index contributed by atoms with van der Waals surface area (Å²) < 4.78 is 0. The zero-order valence-electron chi connectivity index (χ0n) is 27.8. The second-order valence-electron chi connectivity index (χ2n) is 12.9. The van der Waals surface area contributed by atoms with Crippen molar-refractivity contribution in [3.05, 3.63) is 131 Å². The topological polar surface area (TPSA) is 78.0 Å². The quantitative estimate of drug-likeness (QED) is 0.116. The highest BCUT2D eigenvalue weighted by atomic mass is 16.2. The van der Waals surface area contributed by atoms with Crippen LogP contribution in [0.5, 0.6) is 0 Å². The summed E-state index contributed by atoms with van der Waals surface area (Å²) in [4.78, 5) is 61.5. The summed E-state index contributed by atoms with van der Waals surface area (Å²) in [6.07, 6.45) is 6.49. The van der Waals surface area contributed by atoms with E-state index in [-0.39, 0.29) is 24.3 Å². The van der Waals surface area contributed by atoms with Crippen LogP contribution in [0.15, 0.2) is 109 Å². The van der Waals surface area contributed by atoms with E-state index in [0.29, 0.717) is 29.7 Å². The van der Waals surface area contributed by atoms with Gasteiger partial charge >= 0.3 is 0 Å². The van der Waals surface area contributed by atoms with Crippen LogP contribution in [0.4, 0.5) is 11.4 Å². The number of rotatable bonds is 12. The van der Waals surface area contributed by atoms with Gasteiger partial charge in [0.2, 0.25) is 5.91 Å². The van der Waals surface area contributed by atoms with Crippen LogP contribution in [0, 0.1) is 0 Å². The minimum absolute atomic E-state index is 0.0930. The number of hydrogen-bond acceptors (Lipinski definition) is 4. The lowest BCUT2D eigenvalue weighted by molar-refractivity contribution is -0.123. The fourth-order valence-corrected chi connectivity index (χ4v) is 7.23. The Morgan fingerprint density at radius 2 is 1.33 bits per heavy atom. The van der Waals surface area contributed by atoms with Crippen LogP contribution in [0.2, 0.25) is 0 Å². The van der Waals surface area contributed by atoms with Crippen molar-refractivity contribution in [2.24, 2.45) is 0 Å². The van der Waals surface area contributed by atoms with E-state index >= 15 is 4.79 Å². The summed E-state index contributed by atoms with van der Waals surface area (Å²) in [7, 11) is 0. The number of benzene rings is 4. The fraction of sp³-hybridized carbons (Fsp3) is 0.317. The van der Waals surface area contributed by atoms with Crippen molar-refractivity contribution in [2.45, 2.75) is 83.3 Å². The number of amides is 4. The third kappa shape index (κ3) is 6.55. The maximum Gasteiger partial charge on any atom is 0.262 e. The Bertz CT molecular complexity index is 1740. The zero-order chi connectivity index (χ0) is 33.6. The van der Waals surface area contributed by atoms with Crippen LogP contribution in [-0.4, -0.2) is 40.6 Å². The van der Waals surface area contributed by atoms with Crippen molar-refractivity contribution >= 4 is 35.0 Å². The van der Waals surface area contributed by atoms with Gasteiger partial charge in [0.15, 0.2) is 0 Å². The molecular weight excluding hydrogens is 598 g/mol. The minimum Gasteiger partial charge on any atom is -0.309 e. The smallest absolute Gasteiger partial charge is 0.262 e. The minimum atomic E-state index is -1.09. The Hall–Kier alpha value is -5.04. The molecule has 0 bridgehead atoms. The maximum absolute atomic E-state index is 15.2. The average molecular weight is 642 g/mol. The van der Waals surface area contributed by atoms with Crippen molar-refractivity contribution in [1.29, 1.82) is 0 Å². The first-order chi connectivity index (χ1) is 23.4. The van der Waals surface area contributed by atoms with Gasteiger partial charge in [-0.1, -0.05) is 111 Å². The highest BCUT2D eigenvalue weighted by Crippen LogP contribution is 2.43. The van der Waals surface area contributed by atoms with Gasteiger partial charge in [0, 0.05) is 30.3 Å². The molecule has 0 saturated heterocycles. The lowest BCUT2D eigenvalue weighted by atomic mass is 9.88. The van der Waals surface area contributed by atoms with E-state index in [2.05, 4.69) is 6.92 Å². The Morgan fingerprint density at radius 1 is 0.750 bits per heavy atom. The molecule has 7 heteroatoms. The molecule has 7 nitrogen and oxygen atoms in total. The predicted octanol–water partition coefficient (Wildman–Crippen LogP) is 8.15. The second kappa shape index (κ2) is 14.8. The Morgan fingerprint density at radius 3 is 2.00 bits per heavy atom. The molecule has 246 valence electrons. The molecule has 3 atom stereocenters. The molecule has 2 heterocycles. The number of fused-ring (bicyclic) bond motifs is 2. The zero-order valence-corrected chi connectivity index (χ0v) is 27.8. The van der Waals surface area contributed by atoms with Gasteiger partial charge in [0.05, 0.1) is 17.2 Å². The Labute approximate surface area is 283 Å². The van der Waals surface area contributed by atoms with Crippen LogP contribution in [-0.2, 0) is 16.0 Å². The van der Waals surface area contributed by atoms with Crippen molar-refractivity contribution in [2.75, 3.05) is 9.80 Å². The fourth-order valence-electron chi connectivity index (χ4n) is 7.23. The average Bonchev–Trinajstić information content (AvgIpc) is 3.36. The summed E-state index contributed by atoms with van der Waals surface area (Å²) >= 11 is 0. The molecule has 4 aromatic carbocycles. The largest absolute Gasteiger partial charge is 0.309 e. The Kier molecular flexibility index (Phi) is 10.1. The third-order valence-corrected chi connectivity index (χ3v) is 9.60. The summed E-state index contributed by atoms with van der Waals surface area (Å²) in [5, 5.41) is 0. The molecule has 0 radical (unpaired) electrons. The van der Waals surface area contributed by atoms with Crippen molar-refractivity contribution in [1.82, 2.24) is 4.90 Å². The van der Waals surface area contributed by atoms with Gasteiger partial charge in [-0.2, -0.15) is 0 Å². The number of hydrogen-bond donors (Lipinski definition) is 0. The van der Waals surface area contributed by atoms with E-state index in [1.54, 1.807) is 29.2 Å². The highest BCUT2D eigenvalue weighted by Gasteiger charge is 2.46. The van der Waals surface area contributed by atoms with Gasteiger partial charge < -0.3 is 9.80 Å². The standard InChI is InChI=1S/C41H43N3O4/c1-3-4-5-6-13-26-38(45)42-29(2)27-36(34-24-16-17-25-35(34)42)43(31-20-11-8-12-21-31)41(48)37(28-30-18-9-7-10-19-30)44-39(46)32-22-14-15-23-33(32)40(44)47/h7-12,14-25,29,36-37H,3-6,13,26-28H2,1-2H3. The third-order valence-electron chi connectivity index (χ3n) is 9.60. The molecule has 2 aliphatic heterocycles. The molecule has 0 saturated carbocycles. The first-order valence-corrected chi connectivity index (χ1v) is 17.2. The molecule has 0 N–H and O–H groups in total. The Balaban J connectivity index is 1.40. The van der Waals surface area contributed by atoms with Crippen LogP contribution in [0.25, 0.3) is 0 Å². The predicted molar refractivity (Wildman–Crippen MR) is 189 cm³/mol. The monoisotopic (exact) mass is 641 g/mol. The van der Waals surface area contributed by atoms with Crippen LogP contribution in [0.3, 0.4) is 0 Å². The number of carbonyl (C=O) groups is 4. The van der Waals surface area contributed by atoms with Gasteiger partial charge in [-0.3, -0.25) is 24.1 Å². The molecule has 0 aliphatic carbocycles. The summed E-state index contributed by atoms with van der Waals surface area (Å²) in [5.41, 5.74) is 3.79. The number of carbonyl (C=O) groups excluding carboxylic acids is 4. The van der Waals surface area contributed by atoms with Gasteiger partial charge in [-0.25, -0.2) is 0 Å². The van der Waals surface area contributed by atoms with E-state index < -0.39 is 23.9 Å². The number of anilines is 2. The molecule has 3 unspecified atom stereocenters. The molecule has 2 aliphatic rings. The molecule has 0 spiro atoms. The molecule has 48 heavy (non-hydrogen) atoms. The van der Waals surface area contributed by atoms with E-state index in [9.17, 15) is 14.4 Å². The first-order valence-electron chi connectivity index (χ1n) is 17.2. The molecule has 4 aromatic rings. The highest BCUT2D eigenvalue weighted by molar-refractivity contribution is 6.23. The van der Waals surface area contributed by atoms with Crippen molar-refractivity contribution in [3.8, 4) is 0 Å². The van der Waals surface area contributed by atoms with Crippen LogP contribution < -0.4 is 9.80 Å². The van der Waals surface area contributed by atoms with Crippen molar-refractivity contribution < 1.29 is 19.2 Å². The van der Waals surface area contributed by atoms with E-state index in [4.69, 9.17) is 0 Å². The lowest BCUT2D eigenvalue weighted by Crippen LogP contribution is -2.55. The van der Waals surface area contributed by atoms with Gasteiger partial charge in [0.1, 0.15) is 6.04 Å².